The van der Waals surface area contributed by atoms with Gasteiger partial charge in [-0.1, -0.05) is 11.6 Å². The van der Waals surface area contributed by atoms with E-state index >= 15 is 0 Å². The maximum atomic E-state index is 14.2. The minimum Gasteiger partial charge on any atom is -0.482 e. The van der Waals surface area contributed by atoms with E-state index in [1.54, 1.807) is 44.7 Å². The maximum Gasteiger partial charge on any atom is 0.166 e. The van der Waals surface area contributed by atoms with Crippen LogP contribution in [0.3, 0.4) is 0 Å². The van der Waals surface area contributed by atoms with E-state index < -0.39 is 11.9 Å². The Hall–Kier alpha value is -2.91. The topological polar surface area (TPSA) is 122 Å². The zero-order chi connectivity index (χ0) is 24.5. The number of nitrogens with two attached hydrogens (primary N) is 2. The molecule has 0 aliphatic rings. The second kappa shape index (κ2) is 12.4. The highest BCUT2D eigenvalue weighted by atomic mass is 79.9. The third-order valence-electron chi connectivity index (χ3n) is 4.67. The van der Waals surface area contributed by atoms with Crippen molar-refractivity contribution in [3.63, 3.8) is 0 Å². The lowest BCUT2D eigenvalue weighted by atomic mass is 9.95. The number of nitrogen functional groups attached to an aromatic ring is 1. The number of hydrogen-bond donors (Lipinski definition) is 4. The second-order valence-corrected chi connectivity index (χ2v) is 8.37. The summed E-state index contributed by atoms with van der Waals surface area (Å²) in [7, 11) is 1.62. The van der Waals surface area contributed by atoms with Crippen LogP contribution < -0.4 is 21.5 Å². The number of nitrogens with zero attached hydrogens (tertiary/aromatic N) is 2. The van der Waals surface area contributed by atoms with Crippen molar-refractivity contribution < 1.29 is 9.13 Å². The molecular weight excluding hydrogens is 511 g/mol. The monoisotopic (exact) mass is 536 g/mol. The van der Waals surface area contributed by atoms with Crippen molar-refractivity contribution in [1.82, 2.24) is 10.3 Å². The highest BCUT2D eigenvalue weighted by Crippen LogP contribution is 2.32. The van der Waals surface area contributed by atoms with Gasteiger partial charge >= 0.3 is 0 Å². The lowest BCUT2D eigenvalue weighted by Gasteiger charge is -2.21. The summed E-state index contributed by atoms with van der Waals surface area (Å²) in [6.45, 7) is 4.38. The van der Waals surface area contributed by atoms with Crippen LogP contribution in [0.15, 0.2) is 57.3 Å². The normalized spacial score (nSPS) is 13.6. The van der Waals surface area contributed by atoms with Crippen LogP contribution >= 0.6 is 27.5 Å². The molecule has 0 aliphatic heterocycles. The molecule has 1 heterocycles. The number of hydrogen-bond acceptors (Lipinski definition) is 7. The van der Waals surface area contributed by atoms with Crippen LogP contribution in [0.5, 0.6) is 5.75 Å². The number of allylic oxidation sites excluding steroid dienone is 2. The lowest BCUT2D eigenvalue weighted by molar-refractivity contribution is 0.226. The van der Waals surface area contributed by atoms with Crippen LogP contribution in [-0.4, -0.2) is 30.0 Å². The highest BCUT2D eigenvalue weighted by molar-refractivity contribution is 9.10. The molecule has 0 aliphatic carbocycles. The standard InChI is InChI=1S/C23H27BrClFN6O/c1-4-31-11-15(22(25)28)7-14(10-30-3)21(27)18-6-5-17(26)9-19(18)13(2)33-20-8-16(24)12-32-23(20)29/h5-6,8-13,28,31H,4,7,27H2,1-3H3,(H2,29,32)/b15-11-,21-14-,28-22?,30-10?. The van der Waals surface area contributed by atoms with Gasteiger partial charge in [-0.25, -0.2) is 9.37 Å². The average Bonchev–Trinajstić information content (AvgIpc) is 2.77. The van der Waals surface area contributed by atoms with Gasteiger partial charge in [0.1, 0.15) is 17.1 Å². The molecule has 6 N–H and O–H groups in total. The molecule has 0 amide bonds. The smallest absolute Gasteiger partial charge is 0.166 e. The molecule has 0 radical (unpaired) electrons. The van der Waals surface area contributed by atoms with Gasteiger partial charge < -0.3 is 21.5 Å². The zero-order valence-electron chi connectivity index (χ0n) is 18.6. The molecule has 0 fully saturated rings. The van der Waals surface area contributed by atoms with Gasteiger partial charge in [-0.3, -0.25) is 10.4 Å². The Balaban J connectivity index is 2.53. The van der Waals surface area contributed by atoms with Crippen molar-refractivity contribution in [2.75, 3.05) is 19.3 Å². The van der Waals surface area contributed by atoms with Crippen LogP contribution in [0.25, 0.3) is 5.70 Å². The molecule has 1 atom stereocenters. The van der Waals surface area contributed by atoms with Gasteiger partial charge in [0.2, 0.25) is 0 Å². The summed E-state index contributed by atoms with van der Waals surface area (Å²) in [5.74, 6) is 0.138. The fraction of sp³-hybridized carbons (Fsp3) is 0.261. The molecular formula is C23H27BrClFN6O. The number of aliphatic imine (C=N–C) groups is 1. The van der Waals surface area contributed by atoms with Crippen molar-refractivity contribution in [2.45, 2.75) is 26.4 Å². The summed E-state index contributed by atoms with van der Waals surface area (Å²) in [5, 5.41) is 10.8. The van der Waals surface area contributed by atoms with Crippen molar-refractivity contribution >= 4 is 50.4 Å². The van der Waals surface area contributed by atoms with Crippen molar-refractivity contribution in [2.24, 2.45) is 10.7 Å². The summed E-state index contributed by atoms with van der Waals surface area (Å²) >= 11 is 9.31. The van der Waals surface area contributed by atoms with E-state index in [1.807, 2.05) is 6.92 Å². The Kier molecular flexibility index (Phi) is 9.87. The summed E-state index contributed by atoms with van der Waals surface area (Å²) in [5.41, 5.74) is 15.1. The summed E-state index contributed by atoms with van der Waals surface area (Å²) in [4.78, 5) is 8.16. The van der Waals surface area contributed by atoms with E-state index in [4.69, 9.17) is 33.2 Å². The fourth-order valence-electron chi connectivity index (χ4n) is 3.06. The van der Waals surface area contributed by atoms with E-state index in [1.165, 1.54) is 12.1 Å². The van der Waals surface area contributed by atoms with E-state index in [0.717, 1.165) is 0 Å². The summed E-state index contributed by atoms with van der Waals surface area (Å²) in [6, 6.07) is 5.98. The van der Waals surface area contributed by atoms with Gasteiger partial charge in [0.15, 0.2) is 11.6 Å². The van der Waals surface area contributed by atoms with E-state index in [2.05, 4.69) is 31.2 Å². The van der Waals surface area contributed by atoms with Crippen molar-refractivity contribution in [3.05, 3.63) is 69.2 Å². The quantitative estimate of drug-likeness (QED) is 0.311. The predicted octanol–water partition coefficient (Wildman–Crippen LogP) is 5.18. The van der Waals surface area contributed by atoms with Gasteiger partial charge in [0, 0.05) is 65.5 Å². The number of halogens is 3. The van der Waals surface area contributed by atoms with Crippen LogP contribution in [0.2, 0.25) is 0 Å². The summed E-state index contributed by atoms with van der Waals surface area (Å²) < 4.78 is 20.9. The Morgan fingerprint density at radius 2 is 2.15 bits per heavy atom. The van der Waals surface area contributed by atoms with Crippen molar-refractivity contribution in [1.29, 1.82) is 5.41 Å². The van der Waals surface area contributed by atoms with Gasteiger partial charge in [-0.05, 0) is 59.6 Å². The lowest BCUT2D eigenvalue weighted by Crippen LogP contribution is -2.13. The van der Waals surface area contributed by atoms with Crippen LogP contribution in [0, 0.1) is 11.2 Å². The molecule has 2 aromatic rings. The molecule has 176 valence electrons. The Labute approximate surface area is 206 Å². The number of pyridine rings is 1. The molecule has 7 nitrogen and oxygen atoms in total. The molecule has 1 aromatic carbocycles. The van der Waals surface area contributed by atoms with E-state index in [9.17, 15) is 4.39 Å². The van der Waals surface area contributed by atoms with Crippen molar-refractivity contribution in [3.8, 4) is 5.75 Å². The highest BCUT2D eigenvalue weighted by Gasteiger charge is 2.19. The molecule has 0 bridgehead atoms. The van der Waals surface area contributed by atoms with Gasteiger partial charge in [0.05, 0.1) is 0 Å². The Morgan fingerprint density at radius 1 is 1.42 bits per heavy atom. The number of rotatable bonds is 10. The van der Waals surface area contributed by atoms with Gasteiger partial charge in [-0.15, -0.1) is 0 Å². The molecule has 1 aromatic heterocycles. The number of anilines is 1. The predicted molar refractivity (Wildman–Crippen MR) is 137 cm³/mol. The largest absolute Gasteiger partial charge is 0.482 e. The third kappa shape index (κ3) is 7.30. The Bertz CT molecular complexity index is 1100. The number of nitrogens with one attached hydrogen (secondary N) is 2. The molecule has 1 unspecified atom stereocenters. The fourth-order valence-corrected chi connectivity index (χ4v) is 3.49. The number of ether oxygens (including phenoxy) is 1. The van der Waals surface area contributed by atoms with Gasteiger partial charge in [-0.2, -0.15) is 0 Å². The SMILES string of the molecule is CCN/C=C(/C/C(C=NC)=C(/N)c1ccc(F)cc1C(C)Oc1cc(Br)cnc1N)C(=N)Cl. The molecule has 10 heteroatoms. The zero-order valence-corrected chi connectivity index (χ0v) is 21.0. The second-order valence-electron chi connectivity index (χ2n) is 7.07. The van der Waals surface area contributed by atoms with E-state index in [0.29, 0.717) is 44.7 Å². The first-order valence-electron chi connectivity index (χ1n) is 10.1. The first-order chi connectivity index (χ1) is 15.7. The molecule has 33 heavy (non-hydrogen) atoms. The summed E-state index contributed by atoms with van der Waals surface area (Å²) in [6.07, 6.45) is 4.49. The first kappa shape index (κ1) is 26.3. The van der Waals surface area contributed by atoms with Gasteiger partial charge in [0.25, 0.3) is 0 Å². The molecule has 0 spiro atoms. The molecule has 0 saturated carbocycles. The minimum atomic E-state index is -0.601. The number of benzene rings is 1. The van der Waals surface area contributed by atoms with Crippen LogP contribution in [0.1, 0.15) is 37.5 Å². The minimum absolute atomic E-state index is 0.112. The van der Waals surface area contributed by atoms with Crippen LogP contribution in [-0.2, 0) is 0 Å². The van der Waals surface area contributed by atoms with Crippen LogP contribution in [0.4, 0.5) is 10.2 Å². The first-order valence-corrected chi connectivity index (χ1v) is 11.3. The van der Waals surface area contributed by atoms with E-state index in [-0.39, 0.29) is 17.4 Å². The molecule has 2 rings (SSSR count). The third-order valence-corrected chi connectivity index (χ3v) is 5.34. The Morgan fingerprint density at radius 3 is 2.79 bits per heavy atom. The number of aromatic nitrogens is 1. The average molecular weight is 538 g/mol. The molecule has 0 saturated heterocycles. The maximum absolute atomic E-state index is 14.2.